The molecule has 0 spiro atoms. The first-order valence-electron chi connectivity index (χ1n) is 29.8. The average molecular weight is 1100 g/mol. The molecule has 0 radical (unpaired) electrons. The lowest BCUT2D eigenvalue weighted by Gasteiger charge is -2.21. The van der Waals surface area contributed by atoms with Crippen LogP contribution in [0, 0.1) is 0 Å². The Morgan fingerprint density at radius 2 is 0.663 bits per heavy atom. The van der Waals surface area contributed by atoms with E-state index in [4.69, 9.17) is 19.9 Å². The van der Waals surface area contributed by atoms with Gasteiger partial charge >= 0.3 is 0 Å². The van der Waals surface area contributed by atoms with Crippen molar-refractivity contribution in [1.29, 1.82) is 0 Å². The molecule has 0 bridgehead atoms. The molecule has 4 nitrogen and oxygen atoms in total. The smallest absolute Gasteiger partial charge is 0.160 e. The van der Waals surface area contributed by atoms with Gasteiger partial charge in [0.2, 0.25) is 0 Å². The van der Waals surface area contributed by atoms with Crippen LogP contribution in [0.4, 0.5) is 0 Å². The summed E-state index contributed by atoms with van der Waals surface area (Å²) in [5.41, 5.74) is 23.8. The zero-order chi connectivity index (χ0) is 57.7. The van der Waals surface area contributed by atoms with Crippen LogP contribution in [0.15, 0.2) is 279 Å². The van der Waals surface area contributed by atoms with Gasteiger partial charge in [-0.3, -0.25) is 0 Å². The molecule has 406 valence electrons. The molecule has 0 atom stereocenters. The van der Waals surface area contributed by atoms with E-state index in [1.165, 1.54) is 88.0 Å². The van der Waals surface area contributed by atoms with Crippen molar-refractivity contribution in [3.63, 3.8) is 0 Å². The fraction of sp³-hybridized carbons (Fsp3) is 0.0732. The van der Waals surface area contributed by atoms with E-state index in [9.17, 15) is 0 Å². The number of benzene rings is 13. The second-order valence-electron chi connectivity index (χ2n) is 24.0. The molecule has 0 saturated heterocycles. The highest BCUT2D eigenvalue weighted by atomic mass is 14.9. The largest absolute Gasteiger partial charge is 0.228 e. The second kappa shape index (κ2) is 20.0. The number of rotatable bonds is 6. The molecular formula is C82H58N4. The van der Waals surface area contributed by atoms with Crippen molar-refractivity contribution in [1.82, 2.24) is 19.9 Å². The summed E-state index contributed by atoms with van der Waals surface area (Å²) in [5, 5.41) is 9.63. The number of fused-ring (bicyclic) bond motifs is 14. The predicted molar refractivity (Wildman–Crippen MR) is 359 cm³/mol. The van der Waals surface area contributed by atoms with E-state index in [0.717, 1.165) is 78.2 Å². The Balaban J connectivity index is 0.000000140. The van der Waals surface area contributed by atoms with Gasteiger partial charge in [-0.25, -0.2) is 19.9 Å². The van der Waals surface area contributed by atoms with Crippen molar-refractivity contribution in [2.75, 3.05) is 0 Å². The molecular weight excluding hydrogens is 1040 g/mol. The number of para-hydroxylation sites is 1. The molecule has 4 heteroatoms. The van der Waals surface area contributed by atoms with Crippen LogP contribution in [-0.2, 0) is 10.8 Å². The topological polar surface area (TPSA) is 51.6 Å². The molecule has 0 N–H and O–H groups in total. The Hall–Kier alpha value is -10.7. The molecule has 0 amide bonds. The van der Waals surface area contributed by atoms with Crippen molar-refractivity contribution in [3.05, 3.63) is 301 Å². The Kier molecular flexibility index (Phi) is 11.9. The monoisotopic (exact) mass is 1100 g/mol. The molecule has 2 aliphatic carbocycles. The summed E-state index contributed by atoms with van der Waals surface area (Å²) in [6.07, 6.45) is 0. The molecule has 0 saturated carbocycles. The minimum atomic E-state index is -0.0226. The lowest BCUT2D eigenvalue weighted by atomic mass is 9.82. The summed E-state index contributed by atoms with van der Waals surface area (Å²) < 4.78 is 0. The summed E-state index contributed by atoms with van der Waals surface area (Å²) in [7, 11) is 0. The van der Waals surface area contributed by atoms with Gasteiger partial charge in [-0.15, -0.1) is 0 Å². The second-order valence-corrected chi connectivity index (χ2v) is 24.0. The fourth-order valence-electron chi connectivity index (χ4n) is 14.1. The highest BCUT2D eigenvalue weighted by Crippen LogP contribution is 2.54. The van der Waals surface area contributed by atoms with E-state index in [1.807, 2.05) is 12.1 Å². The van der Waals surface area contributed by atoms with Gasteiger partial charge in [-0.2, -0.15) is 0 Å². The predicted octanol–water partition coefficient (Wildman–Crippen LogP) is 21.3. The normalized spacial score (nSPS) is 13.3. The highest BCUT2D eigenvalue weighted by Gasteiger charge is 2.38. The van der Waals surface area contributed by atoms with Gasteiger partial charge < -0.3 is 0 Å². The van der Waals surface area contributed by atoms with Gasteiger partial charge in [0.1, 0.15) is 0 Å². The molecule has 17 rings (SSSR count). The number of hydrogen-bond acceptors (Lipinski definition) is 4. The summed E-state index contributed by atoms with van der Waals surface area (Å²) in [6, 6.07) is 99.7. The molecule has 86 heavy (non-hydrogen) atoms. The zero-order valence-corrected chi connectivity index (χ0v) is 48.3. The van der Waals surface area contributed by atoms with Gasteiger partial charge in [-0.05, 0) is 123 Å². The van der Waals surface area contributed by atoms with Crippen LogP contribution in [0.5, 0.6) is 0 Å². The summed E-state index contributed by atoms with van der Waals surface area (Å²) >= 11 is 0. The van der Waals surface area contributed by atoms with Crippen LogP contribution in [0.3, 0.4) is 0 Å². The molecule has 13 aromatic carbocycles. The molecule has 2 aromatic heterocycles. The molecule has 15 aromatic rings. The van der Waals surface area contributed by atoms with Crippen LogP contribution in [0.2, 0.25) is 0 Å². The minimum absolute atomic E-state index is 0.0140. The molecule has 2 aliphatic rings. The van der Waals surface area contributed by atoms with Crippen molar-refractivity contribution in [2.24, 2.45) is 0 Å². The van der Waals surface area contributed by atoms with Crippen LogP contribution in [0.1, 0.15) is 49.9 Å². The SMILES string of the molecule is CC1(C)c2ccccc2-c2c1ccc1c(-c3cccc(-c4nc(-c5ccccc5)c5c(ccc6ccccc65)n4)c3)cccc21.CC1(C)c2ccccc2-c2c1ccc1c(-c3cccc(-c4nc(-c5ccccc5)c5ccccc5n4)c3)cccc21. The van der Waals surface area contributed by atoms with E-state index in [1.54, 1.807) is 0 Å². The quantitative estimate of drug-likeness (QED) is 0.156. The maximum atomic E-state index is 5.27. The first-order valence-corrected chi connectivity index (χ1v) is 29.8. The first kappa shape index (κ1) is 51.0. The Bertz CT molecular complexity index is 5230. The Morgan fingerprint density at radius 3 is 1.24 bits per heavy atom. The van der Waals surface area contributed by atoms with E-state index < -0.39 is 0 Å². The van der Waals surface area contributed by atoms with Gasteiger partial charge in [-0.1, -0.05) is 282 Å². The van der Waals surface area contributed by atoms with Crippen molar-refractivity contribution in [3.8, 4) is 89.8 Å². The minimum Gasteiger partial charge on any atom is -0.228 e. The van der Waals surface area contributed by atoms with Crippen LogP contribution < -0.4 is 0 Å². The van der Waals surface area contributed by atoms with Crippen LogP contribution >= 0.6 is 0 Å². The highest BCUT2D eigenvalue weighted by molar-refractivity contribution is 6.13. The first-order chi connectivity index (χ1) is 42.2. The van der Waals surface area contributed by atoms with Gasteiger partial charge in [0.05, 0.1) is 22.4 Å². The fourth-order valence-corrected chi connectivity index (χ4v) is 14.1. The average Bonchev–Trinajstić information content (AvgIpc) is 1.61. The summed E-state index contributed by atoms with van der Waals surface area (Å²) in [5.74, 6) is 1.47. The lowest BCUT2D eigenvalue weighted by Crippen LogP contribution is -2.14. The van der Waals surface area contributed by atoms with Gasteiger partial charge in [0, 0.05) is 43.9 Å². The van der Waals surface area contributed by atoms with Crippen LogP contribution in [-0.4, -0.2) is 19.9 Å². The van der Waals surface area contributed by atoms with Gasteiger partial charge in [0.25, 0.3) is 0 Å². The van der Waals surface area contributed by atoms with Crippen molar-refractivity contribution >= 4 is 54.1 Å². The number of aromatic nitrogens is 4. The van der Waals surface area contributed by atoms with Gasteiger partial charge in [0.15, 0.2) is 11.6 Å². The van der Waals surface area contributed by atoms with Crippen molar-refractivity contribution in [2.45, 2.75) is 38.5 Å². The third kappa shape index (κ3) is 8.19. The molecule has 0 unspecified atom stereocenters. The lowest BCUT2D eigenvalue weighted by molar-refractivity contribution is 0.660. The maximum absolute atomic E-state index is 5.27. The van der Waals surface area contributed by atoms with E-state index in [2.05, 4.69) is 295 Å². The summed E-state index contributed by atoms with van der Waals surface area (Å²) in [4.78, 5) is 20.5. The number of hydrogen-bond donors (Lipinski definition) is 0. The third-order valence-electron chi connectivity index (χ3n) is 18.4. The van der Waals surface area contributed by atoms with Crippen molar-refractivity contribution < 1.29 is 0 Å². The molecule has 0 aliphatic heterocycles. The third-order valence-corrected chi connectivity index (χ3v) is 18.4. The Morgan fingerprint density at radius 1 is 0.244 bits per heavy atom. The van der Waals surface area contributed by atoms with E-state index in [-0.39, 0.29) is 10.8 Å². The van der Waals surface area contributed by atoms with E-state index >= 15 is 0 Å². The van der Waals surface area contributed by atoms with E-state index in [0.29, 0.717) is 0 Å². The maximum Gasteiger partial charge on any atom is 0.160 e. The molecule has 0 fully saturated rings. The summed E-state index contributed by atoms with van der Waals surface area (Å²) in [6.45, 7) is 9.36. The van der Waals surface area contributed by atoms with Crippen LogP contribution in [0.25, 0.3) is 144 Å². The zero-order valence-electron chi connectivity index (χ0n) is 48.3. The number of nitrogens with zero attached hydrogens (tertiary/aromatic N) is 4. The molecule has 2 heterocycles. The Labute approximate surface area is 500 Å². The standard InChI is InChI=1S/C43H30N2.C39H28N2/c1-43(2)36-21-9-8-18-35(36)39-34-20-11-19-31(33(34)23-24-37(39)43)29-15-10-16-30(26-29)42-44-38-25-22-27-12-6-7-17-32(27)40(38)41(45-42)28-13-4-3-5-14-28;1-39(2)33-20-8-6-16-31(33)36-30-19-11-18-28(29(30)22-23-34(36)39)26-14-10-15-27(24-26)38-40-35-21-9-7-17-32(35)37(41-38)25-12-4-3-5-13-25/h3-26H,1-2H3;3-24H,1-2H3.